The summed E-state index contributed by atoms with van der Waals surface area (Å²) >= 11 is 3.32. The summed E-state index contributed by atoms with van der Waals surface area (Å²) in [6, 6.07) is 14.4. The molecule has 1 aromatic heterocycles. The highest BCUT2D eigenvalue weighted by Crippen LogP contribution is 2.30. The Morgan fingerprint density at radius 1 is 1.32 bits per heavy atom. The van der Waals surface area contributed by atoms with Gasteiger partial charge in [-0.1, -0.05) is 18.2 Å². The van der Waals surface area contributed by atoms with E-state index in [2.05, 4.69) is 60.7 Å². The molecule has 0 saturated heterocycles. The first-order valence-corrected chi connectivity index (χ1v) is 10.9. The number of benzene rings is 2. The molecule has 0 saturated carbocycles. The molecule has 4 rings (SSSR count). The number of rotatable bonds is 6. The van der Waals surface area contributed by atoms with Crippen molar-refractivity contribution in [2.45, 2.75) is 19.4 Å². The van der Waals surface area contributed by atoms with Crippen molar-refractivity contribution >= 4 is 33.7 Å². The molecule has 1 amide bonds. The number of hydrogen-bond donors (Lipinski definition) is 1. The summed E-state index contributed by atoms with van der Waals surface area (Å²) in [5, 5.41) is 8.22. The van der Waals surface area contributed by atoms with Crippen molar-refractivity contribution in [3.8, 4) is 5.75 Å². The van der Waals surface area contributed by atoms with E-state index in [0.29, 0.717) is 10.2 Å². The highest BCUT2D eigenvalue weighted by Gasteiger charge is 2.18. The minimum Gasteiger partial charge on any atom is -0.496 e. The van der Waals surface area contributed by atoms with Crippen molar-refractivity contribution in [1.29, 1.82) is 0 Å². The van der Waals surface area contributed by atoms with Gasteiger partial charge in [-0.25, -0.2) is 5.43 Å². The summed E-state index contributed by atoms with van der Waals surface area (Å²) < 4.78 is 7.78. The van der Waals surface area contributed by atoms with Crippen LogP contribution in [0.1, 0.15) is 33.6 Å². The SMILES string of the molecule is COc1ccc(/C=N\NC(=O)c2nn(C)cc2Br)cc1CN1CCCc2ccccc21. The zero-order valence-electron chi connectivity index (χ0n) is 17.5. The van der Waals surface area contributed by atoms with Gasteiger partial charge in [0.25, 0.3) is 5.91 Å². The number of amides is 1. The lowest BCUT2D eigenvalue weighted by Crippen LogP contribution is -2.29. The lowest BCUT2D eigenvalue weighted by Gasteiger charge is -2.31. The van der Waals surface area contributed by atoms with E-state index in [9.17, 15) is 4.79 Å². The molecule has 0 aliphatic carbocycles. The molecule has 0 bridgehead atoms. The van der Waals surface area contributed by atoms with Gasteiger partial charge in [-0.05, 0) is 64.2 Å². The maximum Gasteiger partial charge on any atom is 0.293 e. The number of anilines is 1. The maximum absolute atomic E-state index is 12.3. The Hall–Kier alpha value is -3.13. The zero-order chi connectivity index (χ0) is 21.8. The van der Waals surface area contributed by atoms with Crippen LogP contribution in [0.4, 0.5) is 5.69 Å². The minimum atomic E-state index is -0.373. The Bertz CT molecular complexity index is 1120. The van der Waals surface area contributed by atoms with Crippen molar-refractivity contribution in [3.63, 3.8) is 0 Å². The molecule has 2 heterocycles. The van der Waals surface area contributed by atoms with E-state index in [4.69, 9.17) is 4.74 Å². The van der Waals surface area contributed by atoms with E-state index in [1.807, 2.05) is 18.2 Å². The first-order chi connectivity index (χ1) is 15.0. The number of carbonyl (C=O) groups is 1. The molecule has 0 spiro atoms. The topological polar surface area (TPSA) is 71.7 Å². The summed E-state index contributed by atoms with van der Waals surface area (Å²) in [4.78, 5) is 14.6. The second-order valence-corrected chi connectivity index (χ2v) is 8.28. The number of hydrazone groups is 1. The van der Waals surface area contributed by atoms with Gasteiger partial charge in [-0.15, -0.1) is 0 Å². The molecular weight excluding hydrogens is 458 g/mol. The predicted molar refractivity (Wildman–Crippen MR) is 125 cm³/mol. The Balaban J connectivity index is 1.50. The maximum atomic E-state index is 12.3. The molecule has 2 aromatic carbocycles. The number of halogens is 1. The molecule has 31 heavy (non-hydrogen) atoms. The van der Waals surface area contributed by atoms with Gasteiger partial charge >= 0.3 is 0 Å². The third-order valence-corrected chi connectivity index (χ3v) is 5.83. The third-order valence-electron chi connectivity index (χ3n) is 5.25. The van der Waals surface area contributed by atoms with Crippen LogP contribution >= 0.6 is 15.9 Å². The number of methoxy groups -OCH3 is 1. The Kier molecular flexibility index (Phi) is 6.36. The van der Waals surface area contributed by atoms with Crippen LogP contribution in [0.5, 0.6) is 5.75 Å². The monoisotopic (exact) mass is 481 g/mol. The number of nitrogens with zero attached hydrogens (tertiary/aromatic N) is 4. The lowest BCUT2D eigenvalue weighted by molar-refractivity contribution is 0.0948. The van der Waals surface area contributed by atoms with Crippen LogP contribution in [-0.2, 0) is 20.0 Å². The van der Waals surface area contributed by atoms with Crippen LogP contribution < -0.4 is 15.1 Å². The number of hydrogen-bond acceptors (Lipinski definition) is 5. The molecular formula is C23H24BrN5O2. The minimum absolute atomic E-state index is 0.291. The van der Waals surface area contributed by atoms with Gasteiger partial charge in [0.15, 0.2) is 5.69 Å². The highest BCUT2D eigenvalue weighted by atomic mass is 79.9. The van der Waals surface area contributed by atoms with E-state index in [1.165, 1.54) is 11.3 Å². The number of fused-ring (bicyclic) bond motifs is 1. The first-order valence-electron chi connectivity index (χ1n) is 10.1. The number of carbonyl (C=O) groups excluding carboxylic acids is 1. The third kappa shape index (κ3) is 4.80. The first kappa shape index (κ1) is 21.1. The number of aryl methyl sites for hydroxylation is 2. The van der Waals surface area contributed by atoms with Crippen LogP contribution in [0.25, 0.3) is 0 Å². The van der Waals surface area contributed by atoms with Crippen LogP contribution in [0.2, 0.25) is 0 Å². The molecule has 160 valence electrons. The molecule has 0 unspecified atom stereocenters. The van der Waals surface area contributed by atoms with Crippen molar-refractivity contribution < 1.29 is 9.53 Å². The van der Waals surface area contributed by atoms with Crippen molar-refractivity contribution in [3.05, 3.63) is 75.5 Å². The number of para-hydroxylation sites is 1. The predicted octanol–water partition coefficient (Wildman–Crippen LogP) is 3.91. The van der Waals surface area contributed by atoms with Crippen LogP contribution in [0, 0.1) is 0 Å². The average Bonchev–Trinajstić information content (AvgIpc) is 3.12. The van der Waals surface area contributed by atoms with Gasteiger partial charge < -0.3 is 9.64 Å². The molecule has 1 aliphatic heterocycles. The molecule has 1 aliphatic rings. The number of aromatic nitrogens is 2. The van der Waals surface area contributed by atoms with Gasteiger partial charge in [0.05, 0.1) is 17.8 Å². The average molecular weight is 482 g/mol. The molecule has 7 nitrogen and oxygen atoms in total. The Morgan fingerprint density at radius 2 is 2.16 bits per heavy atom. The molecule has 0 radical (unpaired) electrons. The Morgan fingerprint density at radius 3 is 2.94 bits per heavy atom. The van der Waals surface area contributed by atoms with Crippen LogP contribution in [0.15, 0.2) is 58.2 Å². The van der Waals surface area contributed by atoms with Gasteiger partial charge in [0.2, 0.25) is 0 Å². The van der Waals surface area contributed by atoms with E-state index in [-0.39, 0.29) is 5.91 Å². The second-order valence-electron chi connectivity index (χ2n) is 7.42. The van der Waals surface area contributed by atoms with E-state index < -0.39 is 0 Å². The molecule has 3 aromatic rings. The molecule has 1 N–H and O–H groups in total. The fraction of sp³-hybridized carbons (Fsp3) is 0.261. The fourth-order valence-corrected chi connectivity index (χ4v) is 4.37. The van der Waals surface area contributed by atoms with Crippen LogP contribution in [0.3, 0.4) is 0 Å². The lowest BCUT2D eigenvalue weighted by atomic mass is 10.0. The van der Waals surface area contributed by atoms with Gasteiger partial charge in [-0.3, -0.25) is 9.48 Å². The van der Waals surface area contributed by atoms with Crippen molar-refractivity contribution in [2.75, 3.05) is 18.6 Å². The zero-order valence-corrected chi connectivity index (χ0v) is 19.1. The summed E-state index contributed by atoms with van der Waals surface area (Å²) in [6.45, 7) is 1.75. The molecule has 8 heteroatoms. The van der Waals surface area contributed by atoms with E-state index in [1.54, 1.807) is 31.3 Å². The highest BCUT2D eigenvalue weighted by molar-refractivity contribution is 9.10. The van der Waals surface area contributed by atoms with Crippen LogP contribution in [-0.4, -0.2) is 35.6 Å². The standard InChI is InChI=1S/C23H24BrN5O2/c1-28-15-19(24)22(27-28)23(30)26-25-13-16-9-10-21(31-2)18(12-16)14-29-11-5-7-17-6-3-4-8-20(17)29/h3-4,6,8-10,12-13,15H,5,7,11,14H2,1-2H3,(H,26,30)/b25-13-. The fourth-order valence-electron chi connectivity index (χ4n) is 3.82. The smallest absolute Gasteiger partial charge is 0.293 e. The van der Waals surface area contributed by atoms with E-state index >= 15 is 0 Å². The summed E-state index contributed by atoms with van der Waals surface area (Å²) in [7, 11) is 3.44. The number of ether oxygens (including phenoxy) is 1. The summed E-state index contributed by atoms with van der Waals surface area (Å²) in [6.07, 6.45) is 5.59. The summed E-state index contributed by atoms with van der Waals surface area (Å²) in [5.41, 5.74) is 7.43. The summed E-state index contributed by atoms with van der Waals surface area (Å²) in [5.74, 6) is 0.462. The van der Waals surface area contributed by atoms with Crippen molar-refractivity contribution in [1.82, 2.24) is 15.2 Å². The van der Waals surface area contributed by atoms with Gasteiger partial charge in [0.1, 0.15) is 5.75 Å². The molecule has 0 fully saturated rings. The molecule has 0 atom stereocenters. The van der Waals surface area contributed by atoms with Gasteiger partial charge in [0, 0.05) is 37.6 Å². The second kappa shape index (κ2) is 9.34. The quantitative estimate of drug-likeness (QED) is 0.427. The van der Waals surface area contributed by atoms with Gasteiger partial charge in [-0.2, -0.15) is 10.2 Å². The van der Waals surface area contributed by atoms with E-state index in [0.717, 1.165) is 42.8 Å². The Labute approximate surface area is 189 Å². The largest absolute Gasteiger partial charge is 0.496 e. The van der Waals surface area contributed by atoms with Crippen molar-refractivity contribution in [2.24, 2.45) is 12.1 Å². The number of nitrogens with one attached hydrogen (secondary N) is 1. The normalized spacial score (nSPS) is 13.3.